The van der Waals surface area contributed by atoms with Crippen molar-refractivity contribution >= 4 is 28.9 Å². The average molecular weight is 464 g/mol. The zero-order chi connectivity index (χ0) is 22.9. The van der Waals surface area contributed by atoms with Crippen LogP contribution in [0.2, 0.25) is 5.02 Å². The van der Waals surface area contributed by atoms with Gasteiger partial charge in [0.25, 0.3) is 5.56 Å². The fourth-order valence-corrected chi connectivity index (χ4v) is 4.95. The molecule has 1 aromatic heterocycles. The molecule has 170 valence electrons. The van der Waals surface area contributed by atoms with Crippen molar-refractivity contribution in [3.8, 4) is 5.69 Å². The van der Waals surface area contributed by atoms with Gasteiger partial charge in [0.2, 0.25) is 5.91 Å². The summed E-state index contributed by atoms with van der Waals surface area (Å²) in [5.74, 6) is 0.138. The van der Waals surface area contributed by atoms with E-state index in [0.29, 0.717) is 37.6 Å². The standard InChI is InChI=1S/C25H26ClN5O2/c1-18(24(32)30-12-11-19-7-5-6-10-21(19)30)28-13-15-29(16-14-28)22-17-27-31(25(33)23(22)26)20-8-3-2-4-9-20/h2-10,17-18H,11-16H2,1H3/t18-/m1/s1. The van der Waals surface area contributed by atoms with E-state index in [1.165, 1.54) is 10.2 Å². The SMILES string of the molecule is C[C@H](C(=O)N1CCc2ccccc21)N1CCN(c2cnn(-c3ccccc3)c(=O)c2Cl)CC1. The molecule has 2 aromatic carbocycles. The molecule has 1 saturated heterocycles. The fraction of sp³-hybridized carbons (Fsp3) is 0.320. The summed E-state index contributed by atoms with van der Waals surface area (Å²) >= 11 is 6.48. The molecule has 0 saturated carbocycles. The van der Waals surface area contributed by atoms with E-state index >= 15 is 0 Å². The minimum absolute atomic E-state index is 0.138. The molecular formula is C25H26ClN5O2. The van der Waals surface area contributed by atoms with Crippen LogP contribution >= 0.6 is 11.6 Å². The van der Waals surface area contributed by atoms with Crippen LogP contribution in [0.1, 0.15) is 12.5 Å². The number of carbonyl (C=O) groups excluding carboxylic acids is 1. The second kappa shape index (κ2) is 9.00. The summed E-state index contributed by atoms with van der Waals surface area (Å²) < 4.78 is 1.32. The van der Waals surface area contributed by atoms with Crippen LogP contribution in [0.15, 0.2) is 65.6 Å². The van der Waals surface area contributed by atoms with Gasteiger partial charge < -0.3 is 9.80 Å². The van der Waals surface area contributed by atoms with E-state index < -0.39 is 0 Å². The summed E-state index contributed by atoms with van der Waals surface area (Å²) in [6, 6.07) is 17.1. The number of hydrogen-bond donors (Lipinski definition) is 0. The van der Waals surface area contributed by atoms with E-state index in [0.717, 1.165) is 18.7 Å². The monoisotopic (exact) mass is 463 g/mol. The van der Waals surface area contributed by atoms with Crippen LogP contribution < -0.4 is 15.4 Å². The summed E-state index contributed by atoms with van der Waals surface area (Å²) in [7, 11) is 0. The van der Waals surface area contributed by atoms with Gasteiger partial charge >= 0.3 is 0 Å². The highest BCUT2D eigenvalue weighted by Gasteiger charge is 2.32. The van der Waals surface area contributed by atoms with Gasteiger partial charge in [-0.15, -0.1) is 0 Å². The molecule has 2 aliphatic rings. The minimum atomic E-state index is -0.334. The van der Waals surface area contributed by atoms with Gasteiger partial charge in [0.1, 0.15) is 5.02 Å². The zero-order valence-corrected chi connectivity index (χ0v) is 19.3. The Morgan fingerprint density at radius 2 is 1.64 bits per heavy atom. The molecule has 3 heterocycles. The number of carbonyl (C=O) groups is 1. The number of rotatable bonds is 4. The van der Waals surface area contributed by atoms with E-state index in [2.05, 4.69) is 21.0 Å². The number of halogens is 1. The number of para-hydroxylation sites is 2. The number of anilines is 2. The molecule has 0 aliphatic carbocycles. The van der Waals surface area contributed by atoms with Gasteiger partial charge in [-0.3, -0.25) is 14.5 Å². The van der Waals surface area contributed by atoms with Crippen LogP contribution in [0.4, 0.5) is 11.4 Å². The lowest BCUT2D eigenvalue weighted by molar-refractivity contribution is -0.123. The maximum atomic E-state index is 13.2. The van der Waals surface area contributed by atoms with Gasteiger partial charge in [-0.2, -0.15) is 9.78 Å². The molecule has 0 spiro atoms. The van der Waals surface area contributed by atoms with Crippen molar-refractivity contribution < 1.29 is 4.79 Å². The number of fused-ring (bicyclic) bond motifs is 1. The molecule has 0 N–H and O–H groups in total. The first-order valence-electron chi connectivity index (χ1n) is 11.3. The third-order valence-electron chi connectivity index (χ3n) is 6.61. The summed E-state index contributed by atoms with van der Waals surface area (Å²) in [4.78, 5) is 32.2. The number of piperazine rings is 1. The summed E-state index contributed by atoms with van der Waals surface area (Å²) in [6.45, 7) is 5.48. The van der Waals surface area contributed by atoms with Crippen molar-refractivity contribution in [1.29, 1.82) is 0 Å². The van der Waals surface area contributed by atoms with Crippen LogP contribution in [-0.2, 0) is 11.2 Å². The number of hydrogen-bond acceptors (Lipinski definition) is 5. The Labute approximate surface area is 197 Å². The van der Waals surface area contributed by atoms with Crippen molar-refractivity contribution in [2.24, 2.45) is 0 Å². The largest absolute Gasteiger partial charge is 0.366 e. The van der Waals surface area contributed by atoms with E-state index in [1.54, 1.807) is 6.20 Å². The smallest absolute Gasteiger partial charge is 0.292 e. The first-order valence-corrected chi connectivity index (χ1v) is 11.6. The first-order chi connectivity index (χ1) is 16.0. The Balaban J connectivity index is 1.26. The van der Waals surface area contributed by atoms with Crippen LogP contribution in [-0.4, -0.2) is 59.4 Å². The van der Waals surface area contributed by atoms with Gasteiger partial charge in [-0.1, -0.05) is 48.0 Å². The van der Waals surface area contributed by atoms with Crippen molar-refractivity contribution in [2.45, 2.75) is 19.4 Å². The predicted octanol–water partition coefficient (Wildman–Crippen LogP) is 2.99. The minimum Gasteiger partial charge on any atom is -0.366 e. The molecule has 1 amide bonds. The molecule has 1 fully saturated rings. The third-order valence-corrected chi connectivity index (χ3v) is 6.97. The van der Waals surface area contributed by atoms with Gasteiger partial charge in [0.15, 0.2) is 0 Å². The number of nitrogens with zero attached hydrogens (tertiary/aromatic N) is 5. The lowest BCUT2D eigenvalue weighted by atomic mass is 10.1. The highest BCUT2D eigenvalue weighted by Crippen LogP contribution is 2.29. The van der Waals surface area contributed by atoms with Crippen molar-refractivity contribution in [2.75, 3.05) is 42.5 Å². The molecule has 1 atom stereocenters. The Hall–Kier alpha value is -3.16. The summed E-state index contributed by atoms with van der Waals surface area (Å²) in [6.07, 6.45) is 2.56. The molecular weight excluding hydrogens is 438 g/mol. The Morgan fingerprint density at radius 3 is 2.39 bits per heavy atom. The normalized spacial score (nSPS) is 17.2. The van der Waals surface area contributed by atoms with Crippen LogP contribution in [0.3, 0.4) is 0 Å². The number of aromatic nitrogens is 2. The number of amides is 1. The molecule has 0 bridgehead atoms. The van der Waals surface area contributed by atoms with Gasteiger partial charge in [-0.25, -0.2) is 0 Å². The van der Waals surface area contributed by atoms with Crippen LogP contribution in [0, 0.1) is 0 Å². The molecule has 0 radical (unpaired) electrons. The van der Waals surface area contributed by atoms with Crippen LogP contribution in [0.5, 0.6) is 0 Å². The summed E-state index contributed by atoms with van der Waals surface area (Å²) in [5, 5.41) is 4.51. The van der Waals surface area contributed by atoms with Gasteiger partial charge in [0.05, 0.1) is 23.6 Å². The first kappa shape index (κ1) is 21.7. The number of benzene rings is 2. The molecule has 2 aliphatic heterocycles. The summed E-state index contributed by atoms with van der Waals surface area (Å²) in [5.41, 5.74) is 3.25. The van der Waals surface area contributed by atoms with Crippen LogP contribution in [0.25, 0.3) is 5.69 Å². The molecule has 3 aromatic rings. The average Bonchev–Trinajstić information content (AvgIpc) is 3.30. The topological polar surface area (TPSA) is 61.7 Å². The fourth-order valence-electron chi connectivity index (χ4n) is 4.70. The highest BCUT2D eigenvalue weighted by molar-refractivity contribution is 6.33. The molecule has 8 heteroatoms. The maximum Gasteiger partial charge on any atom is 0.292 e. The molecule has 0 unspecified atom stereocenters. The quantitative estimate of drug-likeness (QED) is 0.595. The molecule has 33 heavy (non-hydrogen) atoms. The molecule has 7 nitrogen and oxygen atoms in total. The zero-order valence-electron chi connectivity index (χ0n) is 18.5. The third kappa shape index (κ3) is 4.03. The second-order valence-corrected chi connectivity index (χ2v) is 8.84. The molecule has 5 rings (SSSR count). The Kier molecular flexibility index (Phi) is 5.91. The van der Waals surface area contributed by atoms with Crippen molar-refractivity contribution in [1.82, 2.24) is 14.7 Å². The van der Waals surface area contributed by atoms with Crippen molar-refractivity contribution in [3.63, 3.8) is 0 Å². The van der Waals surface area contributed by atoms with Crippen molar-refractivity contribution in [3.05, 3.63) is 81.7 Å². The Bertz CT molecular complexity index is 1220. The van der Waals surface area contributed by atoms with Gasteiger partial charge in [0, 0.05) is 38.4 Å². The van der Waals surface area contributed by atoms with E-state index in [9.17, 15) is 9.59 Å². The lowest BCUT2D eigenvalue weighted by Crippen LogP contribution is -2.54. The second-order valence-electron chi connectivity index (χ2n) is 8.46. The highest BCUT2D eigenvalue weighted by atomic mass is 35.5. The Morgan fingerprint density at radius 1 is 0.939 bits per heavy atom. The van der Waals surface area contributed by atoms with E-state index in [1.807, 2.05) is 60.4 Å². The van der Waals surface area contributed by atoms with E-state index in [-0.39, 0.29) is 22.5 Å². The van der Waals surface area contributed by atoms with Gasteiger partial charge in [-0.05, 0) is 37.1 Å². The lowest BCUT2D eigenvalue weighted by Gasteiger charge is -2.39. The predicted molar refractivity (Wildman–Crippen MR) is 131 cm³/mol. The maximum absolute atomic E-state index is 13.2. The van der Waals surface area contributed by atoms with E-state index in [4.69, 9.17) is 11.6 Å².